The van der Waals surface area contributed by atoms with Gasteiger partial charge in [0.25, 0.3) is 0 Å². The molecule has 0 unspecified atom stereocenters. The van der Waals surface area contributed by atoms with Crippen LogP contribution in [-0.2, 0) is 14.3 Å². The number of fused-ring (bicyclic) bond motifs is 5. The van der Waals surface area contributed by atoms with Crippen LogP contribution in [0.15, 0.2) is 23.8 Å². The first-order valence-corrected chi connectivity index (χ1v) is 28.5. The molecule has 66 heavy (non-hydrogen) atoms. The maximum atomic E-state index is 13.4. The monoisotopic (exact) mass is 921 g/mol. The first-order chi connectivity index (χ1) is 31.9. The first kappa shape index (κ1) is 56.2. The van der Waals surface area contributed by atoms with E-state index in [1.807, 2.05) is 0 Å². The number of nitrogens with zero attached hydrogens (tertiary/aromatic N) is 1. The van der Waals surface area contributed by atoms with Gasteiger partial charge in [-0.15, -0.1) is 0 Å². The fourth-order valence-corrected chi connectivity index (χ4v) is 13.4. The zero-order chi connectivity index (χ0) is 47.6. The van der Waals surface area contributed by atoms with Crippen LogP contribution in [0.5, 0.6) is 0 Å². The average molecular weight is 921 g/mol. The summed E-state index contributed by atoms with van der Waals surface area (Å²) in [6, 6.07) is 0. The molecule has 0 heterocycles. The molecule has 4 N–H and O–H groups in total. The van der Waals surface area contributed by atoms with Gasteiger partial charge in [-0.2, -0.15) is 0 Å². The van der Waals surface area contributed by atoms with Gasteiger partial charge < -0.3 is 26.0 Å². The number of ether oxygens (including phenoxy) is 1. The average Bonchev–Trinajstić information content (AvgIpc) is 3.65. The molecule has 0 saturated heterocycles. The second-order valence-electron chi connectivity index (χ2n) is 22.9. The lowest BCUT2D eigenvalue weighted by Crippen LogP contribution is -2.51. The standard InChI is InChI=1S/C58H104N4O4/c1-7-8-9-10-11-12-13-14-15-16-17-18-19-20-23-31-55(64)62(45-54(63)60-41-25-22-21-24-40-59)43-27-26-42-61-56(65)66-49-36-38-57(5)48(44-49)32-33-50-52-35-34-51(47(4)30-28-29-46(2)3)58(52,6)39-37-53(50)57/h14-15,32,46-47,49-53H,7-13,16-31,33-45,59H2,1-6H3,(H,60,63)(H,61,65)/b15-14-/t47-,49+,50+,51-,52+,53+,57+,58-/m1/s1. The van der Waals surface area contributed by atoms with E-state index in [0.29, 0.717) is 38.0 Å². The number of amides is 3. The molecule has 4 rings (SSSR count). The Morgan fingerprint density at radius 3 is 2.15 bits per heavy atom. The Bertz CT molecular complexity index is 1450. The van der Waals surface area contributed by atoms with E-state index in [1.54, 1.807) is 10.5 Å². The quantitative estimate of drug-likeness (QED) is 0.0439. The number of nitrogens with two attached hydrogens (primary N) is 1. The molecule has 8 nitrogen and oxygen atoms in total. The van der Waals surface area contributed by atoms with Crippen molar-refractivity contribution in [3.8, 4) is 0 Å². The molecule has 8 heteroatoms. The Labute approximate surface area is 406 Å². The van der Waals surface area contributed by atoms with E-state index in [-0.39, 0.29) is 36.0 Å². The molecule has 4 aliphatic carbocycles. The van der Waals surface area contributed by atoms with Gasteiger partial charge in [-0.05, 0) is 156 Å². The summed E-state index contributed by atoms with van der Waals surface area (Å²) in [6.07, 6.45) is 42.6. The SMILES string of the molecule is CCCCCCCC/C=C\CCCCCCCC(=O)N(CCCCNC(=O)O[C@H]1CC[C@@]2(C)C(=CC[C@H]3[C@@H]4CC[C@H]([C@H](C)CCCC(C)C)[C@@]4(C)CC[C@@H]32)C1)CC(=O)NCCCCCCN. The van der Waals surface area contributed by atoms with Crippen LogP contribution in [0, 0.1) is 46.3 Å². The molecule has 0 aromatic carbocycles. The molecular formula is C58H104N4O4. The number of allylic oxidation sites excluding steroid dienone is 3. The second-order valence-corrected chi connectivity index (χ2v) is 22.9. The molecule has 0 aromatic heterocycles. The predicted molar refractivity (Wildman–Crippen MR) is 277 cm³/mol. The molecule has 0 bridgehead atoms. The molecular weight excluding hydrogens is 817 g/mol. The normalized spacial score (nSPS) is 26.4. The molecule has 4 aliphatic rings. The lowest BCUT2D eigenvalue weighted by atomic mass is 9.47. The summed E-state index contributed by atoms with van der Waals surface area (Å²) in [7, 11) is 0. The van der Waals surface area contributed by atoms with E-state index >= 15 is 0 Å². The molecule has 8 atom stereocenters. The number of carbonyl (C=O) groups excluding carboxylic acids is 3. The maximum absolute atomic E-state index is 13.4. The van der Waals surface area contributed by atoms with E-state index in [4.69, 9.17) is 10.5 Å². The highest BCUT2D eigenvalue weighted by Crippen LogP contribution is 2.67. The Hall–Kier alpha value is -2.35. The Kier molecular flexibility index (Phi) is 26.4. The van der Waals surface area contributed by atoms with Crippen molar-refractivity contribution in [1.82, 2.24) is 15.5 Å². The third-order valence-electron chi connectivity index (χ3n) is 17.5. The highest BCUT2D eigenvalue weighted by Gasteiger charge is 2.59. The van der Waals surface area contributed by atoms with Crippen LogP contribution in [-0.4, -0.2) is 61.6 Å². The third-order valence-corrected chi connectivity index (χ3v) is 17.5. The topological polar surface area (TPSA) is 114 Å². The Morgan fingerprint density at radius 1 is 0.758 bits per heavy atom. The van der Waals surface area contributed by atoms with E-state index in [2.05, 4.69) is 70.4 Å². The molecule has 380 valence electrons. The van der Waals surface area contributed by atoms with Gasteiger partial charge in [-0.25, -0.2) is 4.79 Å². The molecule has 3 amide bonds. The van der Waals surface area contributed by atoms with Gasteiger partial charge in [0.1, 0.15) is 6.10 Å². The fraction of sp³-hybridized carbons (Fsp3) is 0.879. The Morgan fingerprint density at radius 2 is 1.42 bits per heavy atom. The molecule has 0 aliphatic heterocycles. The third kappa shape index (κ3) is 18.5. The van der Waals surface area contributed by atoms with Gasteiger partial charge in [-0.3, -0.25) is 9.59 Å². The highest BCUT2D eigenvalue weighted by molar-refractivity contribution is 5.84. The van der Waals surface area contributed by atoms with Gasteiger partial charge in [0.2, 0.25) is 11.8 Å². The largest absolute Gasteiger partial charge is 0.446 e. The van der Waals surface area contributed by atoms with Crippen molar-refractivity contribution in [3.63, 3.8) is 0 Å². The van der Waals surface area contributed by atoms with E-state index < -0.39 is 0 Å². The Balaban J connectivity index is 1.15. The van der Waals surface area contributed by atoms with Gasteiger partial charge >= 0.3 is 6.09 Å². The van der Waals surface area contributed by atoms with Crippen molar-refractivity contribution in [3.05, 3.63) is 23.8 Å². The fourth-order valence-electron chi connectivity index (χ4n) is 13.4. The van der Waals surface area contributed by atoms with Crippen LogP contribution in [0.25, 0.3) is 0 Å². The zero-order valence-electron chi connectivity index (χ0n) is 43.9. The first-order valence-electron chi connectivity index (χ1n) is 28.5. The van der Waals surface area contributed by atoms with Gasteiger partial charge in [0.15, 0.2) is 0 Å². The van der Waals surface area contributed by atoms with E-state index in [9.17, 15) is 14.4 Å². The van der Waals surface area contributed by atoms with Gasteiger partial charge in [0, 0.05) is 32.5 Å². The van der Waals surface area contributed by atoms with Crippen molar-refractivity contribution < 1.29 is 19.1 Å². The summed E-state index contributed by atoms with van der Waals surface area (Å²) in [4.78, 5) is 41.2. The van der Waals surface area contributed by atoms with E-state index in [0.717, 1.165) is 119 Å². The number of hydrogen-bond donors (Lipinski definition) is 3. The summed E-state index contributed by atoms with van der Waals surface area (Å²) in [5.74, 6) is 4.89. The summed E-state index contributed by atoms with van der Waals surface area (Å²) in [5, 5.41) is 6.05. The minimum atomic E-state index is -0.325. The van der Waals surface area contributed by atoms with Crippen molar-refractivity contribution in [2.75, 3.05) is 32.7 Å². The molecule has 3 fully saturated rings. The number of rotatable bonds is 34. The second kappa shape index (κ2) is 31.0. The minimum absolute atomic E-state index is 0.0579. The summed E-state index contributed by atoms with van der Waals surface area (Å²) in [5.41, 5.74) is 7.90. The molecule has 0 spiro atoms. The summed E-state index contributed by atoms with van der Waals surface area (Å²) in [6.45, 7) is 17.2. The molecule has 0 radical (unpaired) electrons. The number of carbonyl (C=O) groups is 3. The lowest BCUT2D eigenvalue weighted by Gasteiger charge is -2.58. The van der Waals surface area contributed by atoms with Crippen molar-refractivity contribution in [2.45, 2.75) is 247 Å². The van der Waals surface area contributed by atoms with Crippen LogP contribution < -0.4 is 16.4 Å². The highest BCUT2D eigenvalue weighted by atomic mass is 16.6. The van der Waals surface area contributed by atoms with Gasteiger partial charge in [0.05, 0.1) is 6.54 Å². The number of unbranched alkanes of at least 4 members (excludes halogenated alkanes) is 15. The molecule has 3 saturated carbocycles. The zero-order valence-corrected chi connectivity index (χ0v) is 43.9. The number of nitrogens with one attached hydrogen (secondary N) is 2. The lowest BCUT2D eigenvalue weighted by molar-refractivity contribution is -0.136. The van der Waals surface area contributed by atoms with Crippen molar-refractivity contribution >= 4 is 17.9 Å². The number of alkyl carbamates (subject to hydrolysis) is 1. The maximum Gasteiger partial charge on any atom is 0.407 e. The van der Waals surface area contributed by atoms with Crippen LogP contribution in [0.3, 0.4) is 0 Å². The summed E-state index contributed by atoms with van der Waals surface area (Å²) >= 11 is 0. The van der Waals surface area contributed by atoms with Gasteiger partial charge in [-0.1, -0.05) is 149 Å². The predicted octanol–water partition coefficient (Wildman–Crippen LogP) is 14.4. The van der Waals surface area contributed by atoms with Crippen LogP contribution in [0.4, 0.5) is 4.79 Å². The van der Waals surface area contributed by atoms with Crippen molar-refractivity contribution in [1.29, 1.82) is 0 Å². The number of hydrogen-bond acceptors (Lipinski definition) is 5. The molecule has 0 aromatic rings. The smallest absolute Gasteiger partial charge is 0.407 e. The summed E-state index contributed by atoms with van der Waals surface area (Å²) < 4.78 is 6.08. The van der Waals surface area contributed by atoms with Crippen LogP contribution >= 0.6 is 0 Å². The minimum Gasteiger partial charge on any atom is -0.446 e. The van der Waals surface area contributed by atoms with Crippen LogP contribution in [0.1, 0.15) is 241 Å². The van der Waals surface area contributed by atoms with Crippen LogP contribution in [0.2, 0.25) is 0 Å². The van der Waals surface area contributed by atoms with E-state index in [1.165, 1.54) is 109 Å². The van der Waals surface area contributed by atoms with Crippen molar-refractivity contribution in [2.24, 2.45) is 52.1 Å².